The quantitative estimate of drug-likeness (QED) is 0.810. The molecule has 4 nitrogen and oxygen atoms in total. The molecule has 3 N–H and O–H groups in total. The van der Waals surface area contributed by atoms with E-state index < -0.39 is 0 Å². The lowest BCUT2D eigenvalue weighted by molar-refractivity contribution is -0.124. The van der Waals surface area contributed by atoms with Gasteiger partial charge >= 0.3 is 0 Å². The first-order valence-corrected chi connectivity index (χ1v) is 8.21. The van der Waals surface area contributed by atoms with Gasteiger partial charge in [-0.25, -0.2) is 0 Å². The number of hydrogen-bond donors (Lipinski definition) is 2. The number of amides is 1. The van der Waals surface area contributed by atoms with Crippen molar-refractivity contribution in [3.63, 3.8) is 0 Å². The zero-order valence-corrected chi connectivity index (χ0v) is 15.2. The second-order valence-corrected chi connectivity index (χ2v) is 6.68. The largest absolute Gasteiger partial charge is 0.381 e. The average Bonchev–Trinajstić information content (AvgIpc) is 2.47. The van der Waals surface area contributed by atoms with Crippen LogP contribution in [-0.4, -0.2) is 25.2 Å². The Hall–Kier alpha value is -0.620. The van der Waals surface area contributed by atoms with Gasteiger partial charge in [0.15, 0.2) is 0 Å². The van der Waals surface area contributed by atoms with Crippen LogP contribution in [0.4, 0.5) is 0 Å². The fourth-order valence-corrected chi connectivity index (χ4v) is 2.93. The van der Waals surface area contributed by atoms with Crippen LogP contribution in [0.1, 0.15) is 38.2 Å². The van der Waals surface area contributed by atoms with Crippen LogP contribution in [-0.2, 0) is 15.1 Å². The van der Waals surface area contributed by atoms with Crippen molar-refractivity contribution < 1.29 is 9.53 Å². The molecule has 0 bridgehead atoms. The summed E-state index contributed by atoms with van der Waals surface area (Å²) in [4.78, 5) is 12.2. The number of nitrogens with two attached hydrogens (primary N) is 1. The van der Waals surface area contributed by atoms with E-state index in [2.05, 4.69) is 33.4 Å². The molecule has 1 unspecified atom stereocenters. The third kappa shape index (κ3) is 5.23. The number of carbonyl (C=O) groups is 1. The summed E-state index contributed by atoms with van der Waals surface area (Å²) in [6, 6.07) is 8.22. The van der Waals surface area contributed by atoms with E-state index in [4.69, 9.17) is 10.5 Å². The molecule has 124 valence electrons. The van der Waals surface area contributed by atoms with E-state index in [0.29, 0.717) is 26.1 Å². The van der Waals surface area contributed by atoms with Gasteiger partial charge in [-0.2, -0.15) is 0 Å². The number of benzene rings is 1. The molecule has 1 aromatic rings. The third-order valence-electron chi connectivity index (χ3n) is 3.95. The van der Waals surface area contributed by atoms with Gasteiger partial charge in [-0.15, -0.1) is 12.4 Å². The molecule has 0 aromatic heterocycles. The molecular weight excluding hydrogens is 368 g/mol. The lowest BCUT2D eigenvalue weighted by Crippen LogP contribution is -2.49. The summed E-state index contributed by atoms with van der Waals surface area (Å²) in [5, 5.41) is 3.23. The van der Waals surface area contributed by atoms with Crippen LogP contribution in [0, 0.1) is 0 Å². The lowest BCUT2D eigenvalue weighted by Gasteiger charge is -2.38. The summed E-state index contributed by atoms with van der Waals surface area (Å²) in [6.45, 7) is 3.26. The molecule has 2 rings (SSSR count). The Kier molecular flexibility index (Phi) is 7.83. The van der Waals surface area contributed by atoms with Crippen molar-refractivity contribution in [2.45, 2.75) is 44.2 Å². The predicted octanol–water partition coefficient (Wildman–Crippen LogP) is 3.12. The first-order chi connectivity index (χ1) is 10.0. The molecule has 1 saturated heterocycles. The minimum atomic E-state index is -0.312. The summed E-state index contributed by atoms with van der Waals surface area (Å²) in [5.74, 6) is 0.0668. The fraction of sp³-hybridized carbons (Fsp3) is 0.562. The van der Waals surface area contributed by atoms with E-state index in [1.165, 1.54) is 0 Å². The average molecular weight is 392 g/mol. The molecule has 1 atom stereocenters. The predicted molar refractivity (Wildman–Crippen MR) is 94.1 cm³/mol. The standard InChI is InChI=1S/C16H23BrN2O2.ClH/c1-12(18)2-7-15(20)19-16(8-10-21-11-9-16)13-3-5-14(17)6-4-13;/h3-6,12H,2,7-11,18H2,1H3,(H,19,20);1H. The van der Waals surface area contributed by atoms with Crippen LogP contribution in [0.2, 0.25) is 0 Å². The molecular formula is C16H24BrClN2O2. The summed E-state index contributed by atoms with van der Waals surface area (Å²) in [7, 11) is 0. The van der Waals surface area contributed by atoms with E-state index in [9.17, 15) is 4.79 Å². The number of hydrogen-bond acceptors (Lipinski definition) is 3. The Bertz CT molecular complexity index is 474. The van der Waals surface area contributed by atoms with Crippen LogP contribution in [0.3, 0.4) is 0 Å². The first kappa shape index (κ1) is 19.4. The smallest absolute Gasteiger partial charge is 0.220 e. The van der Waals surface area contributed by atoms with E-state index in [1.807, 2.05) is 19.1 Å². The van der Waals surface area contributed by atoms with Crippen LogP contribution >= 0.6 is 28.3 Å². The fourth-order valence-electron chi connectivity index (χ4n) is 2.66. The number of nitrogens with one attached hydrogen (secondary N) is 1. The van der Waals surface area contributed by atoms with Gasteiger partial charge in [0.05, 0.1) is 5.54 Å². The highest BCUT2D eigenvalue weighted by Gasteiger charge is 2.35. The number of halogens is 2. The van der Waals surface area contributed by atoms with Gasteiger partial charge in [0.25, 0.3) is 0 Å². The summed E-state index contributed by atoms with van der Waals surface area (Å²) in [5.41, 5.74) is 6.56. The van der Waals surface area contributed by atoms with E-state index in [0.717, 1.165) is 22.9 Å². The summed E-state index contributed by atoms with van der Waals surface area (Å²) < 4.78 is 6.51. The van der Waals surface area contributed by atoms with E-state index in [-0.39, 0.29) is 29.9 Å². The zero-order chi connectivity index (χ0) is 15.3. The highest BCUT2D eigenvalue weighted by atomic mass is 79.9. The number of rotatable bonds is 5. The van der Waals surface area contributed by atoms with Crippen molar-refractivity contribution in [1.29, 1.82) is 0 Å². The molecule has 0 saturated carbocycles. The molecule has 0 spiro atoms. The Balaban J connectivity index is 0.00000242. The highest BCUT2D eigenvalue weighted by molar-refractivity contribution is 9.10. The highest BCUT2D eigenvalue weighted by Crippen LogP contribution is 2.33. The second-order valence-electron chi connectivity index (χ2n) is 5.77. The van der Waals surface area contributed by atoms with E-state index >= 15 is 0 Å². The Labute approximate surface area is 146 Å². The van der Waals surface area contributed by atoms with Crippen LogP contribution in [0.5, 0.6) is 0 Å². The second kappa shape index (κ2) is 8.87. The van der Waals surface area contributed by atoms with Crippen LogP contribution in [0.15, 0.2) is 28.7 Å². The van der Waals surface area contributed by atoms with Gasteiger partial charge in [-0.1, -0.05) is 28.1 Å². The maximum Gasteiger partial charge on any atom is 0.220 e. The Morgan fingerprint density at radius 3 is 2.50 bits per heavy atom. The molecule has 0 aliphatic carbocycles. The Morgan fingerprint density at radius 2 is 1.95 bits per heavy atom. The Morgan fingerprint density at radius 1 is 1.36 bits per heavy atom. The molecule has 1 fully saturated rings. The monoisotopic (exact) mass is 390 g/mol. The molecule has 1 aromatic carbocycles. The first-order valence-electron chi connectivity index (χ1n) is 7.42. The zero-order valence-electron chi connectivity index (χ0n) is 12.8. The minimum absolute atomic E-state index is 0. The van der Waals surface area contributed by atoms with Crippen molar-refractivity contribution in [1.82, 2.24) is 5.32 Å². The van der Waals surface area contributed by atoms with Gasteiger partial charge in [0, 0.05) is 30.1 Å². The SMILES string of the molecule is CC(N)CCC(=O)NC1(c2ccc(Br)cc2)CCOCC1.Cl. The topological polar surface area (TPSA) is 64.4 Å². The molecule has 1 aliphatic heterocycles. The van der Waals surface area contributed by atoms with E-state index in [1.54, 1.807) is 0 Å². The normalized spacial score (nSPS) is 18.1. The van der Waals surface area contributed by atoms with Crippen molar-refractivity contribution in [3.05, 3.63) is 34.3 Å². The summed E-state index contributed by atoms with van der Waals surface area (Å²) in [6.07, 6.45) is 2.78. The number of ether oxygens (including phenoxy) is 1. The van der Waals surface area contributed by atoms with Crippen molar-refractivity contribution in [2.75, 3.05) is 13.2 Å². The van der Waals surface area contributed by atoms with Crippen molar-refractivity contribution in [3.8, 4) is 0 Å². The maximum absolute atomic E-state index is 12.2. The molecule has 6 heteroatoms. The van der Waals surface area contributed by atoms with Crippen molar-refractivity contribution >= 4 is 34.2 Å². The third-order valence-corrected chi connectivity index (χ3v) is 4.48. The molecule has 1 heterocycles. The molecule has 22 heavy (non-hydrogen) atoms. The molecule has 1 amide bonds. The minimum Gasteiger partial charge on any atom is -0.381 e. The van der Waals surface area contributed by atoms with Gasteiger partial charge in [-0.3, -0.25) is 4.79 Å². The summed E-state index contributed by atoms with van der Waals surface area (Å²) >= 11 is 3.45. The maximum atomic E-state index is 12.2. The van der Waals surface area contributed by atoms with Crippen LogP contribution < -0.4 is 11.1 Å². The lowest BCUT2D eigenvalue weighted by atomic mass is 9.82. The molecule has 1 aliphatic rings. The molecule has 0 radical (unpaired) electrons. The van der Waals surface area contributed by atoms with Gasteiger partial charge in [0.1, 0.15) is 0 Å². The van der Waals surface area contributed by atoms with Gasteiger partial charge < -0.3 is 15.8 Å². The van der Waals surface area contributed by atoms with Crippen molar-refractivity contribution in [2.24, 2.45) is 5.73 Å². The number of carbonyl (C=O) groups excluding carboxylic acids is 1. The van der Waals surface area contributed by atoms with Crippen LogP contribution in [0.25, 0.3) is 0 Å². The van der Waals surface area contributed by atoms with Gasteiger partial charge in [-0.05, 0) is 43.9 Å². The van der Waals surface area contributed by atoms with Gasteiger partial charge in [0.2, 0.25) is 5.91 Å².